The van der Waals surface area contributed by atoms with Gasteiger partial charge in [0, 0.05) is 28.5 Å². The molecule has 4 nitrogen and oxygen atoms in total. The van der Waals surface area contributed by atoms with Crippen molar-refractivity contribution in [1.82, 2.24) is 0 Å². The molecule has 1 N–H and O–H groups in total. The molecule has 0 spiro atoms. The number of nitrogens with one attached hydrogen (secondary N) is 1. The van der Waals surface area contributed by atoms with Crippen molar-refractivity contribution < 1.29 is 14.3 Å². The first kappa shape index (κ1) is 16.9. The van der Waals surface area contributed by atoms with Crippen molar-refractivity contribution in [3.63, 3.8) is 0 Å². The highest BCUT2D eigenvalue weighted by Crippen LogP contribution is 2.27. The molecule has 0 fully saturated rings. The van der Waals surface area contributed by atoms with E-state index in [4.69, 9.17) is 21.1 Å². The van der Waals surface area contributed by atoms with Gasteiger partial charge in [-0.25, -0.2) is 0 Å². The second-order valence-corrected chi connectivity index (χ2v) is 5.31. The van der Waals surface area contributed by atoms with Crippen molar-refractivity contribution in [1.29, 1.82) is 0 Å². The van der Waals surface area contributed by atoms with Crippen molar-refractivity contribution in [2.45, 2.75) is 6.92 Å². The van der Waals surface area contributed by atoms with Crippen LogP contribution in [-0.4, -0.2) is 20.0 Å². The van der Waals surface area contributed by atoms with Gasteiger partial charge in [-0.1, -0.05) is 17.7 Å². The Morgan fingerprint density at radius 2 is 1.83 bits per heavy atom. The largest absolute Gasteiger partial charge is 0.493 e. The summed E-state index contributed by atoms with van der Waals surface area (Å²) in [7, 11) is 3.09. The van der Waals surface area contributed by atoms with Crippen LogP contribution in [0.15, 0.2) is 48.7 Å². The average Bonchev–Trinajstić information content (AvgIpc) is 2.57. The predicted molar refractivity (Wildman–Crippen MR) is 92.8 cm³/mol. The van der Waals surface area contributed by atoms with Gasteiger partial charge >= 0.3 is 0 Å². The Morgan fingerprint density at radius 1 is 1.09 bits per heavy atom. The molecule has 0 heterocycles. The standard InChI is InChI=1S/C18H18ClNO3/c1-12-4-6-14(19)11-15(12)20-9-8-16(21)13-5-7-17(22-2)18(10-13)23-3/h4-11,20H,1-3H3. The molecule has 0 radical (unpaired) electrons. The number of aryl methyl sites for hydroxylation is 1. The first-order valence-corrected chi connectivity index (χ1v) is 7.38. The summed E-state index contributed by atoms with van der Waals surface area (Å²) in [5.74, 6) is 0.962. The van der Waals surface area contributed by atoms with Gasteiger partial charge in [0.1, 0.15) is 0 Å². The zero-order valence-corrected chi connectivity index (χ0v) is 14.0. The molecule has 0 amide bonds. The Hall–Kier alpha value is -2.46. The van der Waals surface area contributed by atoms with Crippen molar-refractivity contribution >= 4 is 23.1 Å². The fourth-order valence-electron chi connectivity index (χ4n) is 2.04. The lowest BCUT2D eigenvalue weighted by Crippen LogP contribution is -1.99. The molecule has 0 unspecified atom stereocenters. The number of anilines is 1. The van der Waals surface area contributed by atoms with E-state index in [9.17, 15) is 4.79 Å². The highest BCUT2D eigenvalue weighted by Gasteiger charge is 2.08. The highest BCUT2D eigenvalue weighted by atomic mass is 35.5. The second-order valence-electron chi connectivity index (χ2n) is 4.87. The predicted octanol–water partition coefficient (Wildman–Crippen LogP) is 4.47. The lowest BCUT2D eigenvalue weighted by atomic mass is 10.1. The fourth-order valence-corrected chi connectivity index (χ4v) is 2.21. The summed E-state index contributed by atoms with van der Waals surface area (Å²) >= 11 is 5.96. The molecule has 2 aromatic rings. The number of hydrogen-bond acceptors (Lipinski definition) is 4. The quantitative estimate of drug-likeness (QED) is 0.626. The van der Waals surface area contributed by atoms with Gasteiger partial charge in [-0.05, 0) is 42.8 Å². The molecular weight excluding hydrogens is 314 g/mol. The number of allylic oxidation sites excluding steroid dienone is 1. The van der Waals surface area contributed by atoms with E-state index in [0.717, 1.165) is 11.3 Å². The fraction of sp³-hybridized carbons (Fsp3) is 0.167. The monoisotopic (exact) mass is 331 g/mol. The zero-order valence-electron chi connectivity index (χ0n) is 13.2. The van der Waals surface area contributed by atoms with Crippen LogP contribution in [-0.2, 0) is 0 Å². The number of carbonyl (C=O) groups is 1. The van der Waals surface area contributed by atoms with Crippen LogP contribution < -0.4 is 14.8 Å². The van der Waals surface area contributed by atoms with Gasteiger partial charge in [-0.2, -0.15) is 0 Å². The minimum Gasteiger partial charge on any atom is -0.493 e. The van der Waals surface area contributed by atoms with Crippen LogP contribution in [0.2, 0.25) is 5.02 Å². The summed E-state index contributed by atoms with van der Waals surface area (Å²) in [6.45, 7) is 1.96. The molecule has 2 rings (SSSR count). The van der Waals surface area contributed by atoms with Crippen LogP contribution in [0.5, 0.6) is 11.5 Å². The number of rotatable bonds is 6. The van der Waals surface area contributed by atoms with Gasteiger partial charge in [0.05, 0.1) is 14.2 Å². The van der Waals surface area contributed by atoms with E-state index < -0.39 is 0 Å². The summed E-state index contributed by atoms with van der Waals surface area (Å²) in [6, 6.07) is 10.6. The Kier molecular flexibility index (Phi) is 5.66. The Bertz CT molecular complexity index is 741. The SMILES string of the molecule is COc1ccc(C(=O)C=CNc2cc(Cl)ccc2C)cc1OC. The van der Waals surface area contributed by atoms with Gasteiger partial charge in [0.15, 0.2) is 17.3 Å². The van der Waals surface area contributed by atoms with E-state index in [0.29, 0.717) is 22.1 Å². The number of methoxy groups -OCH3 is 2. The van der Waals surface area contributed by atoms with Crippen LogP contribution in [0.4, 0.5) is 5.69 Å². The first-order valence-electron chi connectivity index (χ1n) is 7.00. The Labute approximate surface area is 140 Å². The molecule has 0 aliphatic rings. The second kappa shape index (κ2) is 7.70. The average molecular weight is 332 g/mol. The van der Waals surface area contributed by atoms with Gasteiger partial charge in [0.25, 0.3) is 0 Å². The van der Waals surface area contributed by atoms with E-state index in [1.807, 2.05) is 25.1 Å². The zero-order chi connectivity index (χ0) is 16.8. The maximum absolute atomic E-state index is 12.2. The minimum atomic E-state index is -0.141. The summed E-state index contributed by atoms with van der Waals surface area (Å²) in [5.41, 5.74) is 2.41. The molecule has 0 aromatic heterocycles. The number of carbonyl (C=O) groups excluding carboxylic acids is 1. The van der Waals surface area contributed by atoms with Crippen molar-refractivity contribution in [2.75, 3.05) is 19.5 Å². The molecule has 23 heavy (non-hydrogen) atoms. The third-order valence-electron chi connectivity index (χ3n) is 3.34. The van der Waals surface area contributed by atoms with Gasteiger partial charge < -0.3 is 14.8 Å². The molecule has 5 heteroatoms. The van der Waals surface area contributed by atoms with E-state index in [1.54, 1.807) is 31.5 Å². The van der Waals surface area contributed by atoms with Crippen molar-refractivity contribution in [3.05, 3.63) is 64.8 Å². The number of ketones is 1. The molecule has 0 aliphatic heterocycles. The van der Waals surface area contributed by atoms with Crippen LogP contribution in [0.1, 0.15) is 15.9 Å². The highest BCUT2D eigenvalue weighted by molar-refractivity contribution is 6.30. The number of ether oxygens (including phenoxy) is 2. The summed E-state index contributed by atoms with van der Waals surface area (Å²) < 4.78 is 10.4. The summed E-state index contributed by atoms with van der Waals surface area (Å²) in [6.07, 6.45) is 3.05. The van der Waals surface area contributed by atoms with E-state index >= 15 is 0 Å². The van der Waals surface area contributed by atoms with Crippen LogP contribution in [0.25, 0.3) is 0 Å². The first-order chi connectivity index (χ1) is 11.0. The molecule has 0 saturated heterocycles. The molecular formula is C18H18ClNO3. The Morgan fingerprint density at radius 3 is 2.52 bits per heavy atom. The van der Waals surface area contributed by atoms with Gasteiger partial charge in [0.2, 0.25) is 0 Å². The maximum atomic E-state index is 12.2. The maximum Gasteiger partial charge on any atom is 0.187 e. The Balaban J connectivity index is 2.11. The summed E-state index contributed by atoms with van der Waals surface area (Å²) in [4.78, 5) is 12.2. The smallest absolute Gasteiger partial charge is 0.187 e. The van der Waals surface area contributed by atoms with Crippen molar-refractivity contribution in [2.24, 2.45) is 0 Å². The van der Waals surface area contributed by atoms with Gasteiger partial charge in [-0.15, -0.1) is 0 Å². The third kappa shape index (κ3) is 4.27. The normalized spacial score (nSPS) is 10.6. The molecule has 0 bridgehead atoms. The molecule has 0 atom stereocenters. The van der Waals surface area contributed by atoms with E-state index in [2.05, 4.69) is 5.32 Å². The number of benzene rings is 2. The number of halogens is 1. The minimum absolute atomic E-state index is 0.141. The van der Waals surface area contributed by atoms with Crippen molar-refractivity contribution in [3.8, 4) is 11.5 Å². The van der Waals surface area contributed by atoms with Crippen LogP contribution in [0, 0.1) is 6.92 Å². The summed E-state index contributed by atoms with van der Waals surface area (Å²) in [5, 5.41) is 3.70. The molecule has 0 saturated carbocycles. The van der Waals surface area contributed by atoms with Gasteiger partial charge in [-0.3, -0.25) is 4.79 Å². The molecule has 2 aromatic carbocycles. The lowest BCUT2D eigenvalue weighted by molar-refractivity contribution is 0.104. The van der Waals surface area contributed by atoms with E-state index in [1.165, 1.54) is 13.2 Å². The number of hydrogen-bond donors (Lipinski definition) is 1. The molecule has 0 aliphatic carbocycles. The topological polar surface area (TPSA) is 47.6 Å². The third-order valence-corrected chi connectivity index (χ3v) is 3.58. The lowest BCUT2D eigenvalue weighted by Gasteiger charge is -2.08. The van der Waals surface area contributed by atoms with Crippen LogP contribution in [0.3, 0.4) is 0 Å². The van der Waals surface area contributed by atoms with E-state index in [-0.39, 0.29) is 5.78 Å². The van der Waals surface area contributed by atoms with Crippen LogP contribution >= 0.6 is 11.6 Å². The molecule has 120 valence electrons.